The first kappa shape index (κ1) is 19.0. The van der Waals surface area contributed by atoms with Crippen LogP contribution in [0.4, 0.5) is 11.4 Å². The molecule has 0 spiro atoms. The van der Waals surface area contributed by atoms with Gasteiger partial charge in [0.05, 0.1) is 17.9 Å². The Bertz CT molecular complexity index is 861. The van der Waals surface area contributed by atoms with Gasteiger partial charge in [0, 0.05) is 5.69 Å². The van der Waals surface area contributed by atoms with Crippen LogP contribution in [-0.2, 0) is 21.2 Å². The van der Waals surface area contributed by atoms with E-state index >= 15 is 0 Å². The second-order valence-corrected chi connectivity index (χ2v) is 7.89. The molecule has 0 saturated carbocycles. The summed E-state index contributed by atoms with van der Waals surface area (Å²) in [6.45, 7) is 5.57. The molecule has 2 rings (SSSR count). The molecule has 0 bridgehead atoms. The highest BCUT2D eigenvalue weighted by molar-refractivity contribution is 7.92. The molecule has 0 heterocycles. The predicted octanol–water partition coefficient (Wildman–Crippen LogP) is 3.64. The summed E-state index contributed by atoms with van der Waals surface area (Å²) in [6.07, 6.45) is 0.819. The van der Waals surface area contributed by atoms with Crippen molar-refractivity contribution in [3.63, 3.8) is 0 Å². The number of benzene rings is 2. The minimum absolute atomic E-state index is 0.0658. The molecule has 134 valence electrons. The lowest BCUT2D eigenvalue weighted by atomic mass is 10.1. The highest BCUT2D eigenvalue weighted by Crippen LogP contribution is 2.24. The average Bonchev–Trinajstić information content (AvgIpc) is 2.53. The average molecular weight is 360 g/mol. The van der Waals surface area contributed by atoms with E-state index in [1.54, 1.807) is 25.1 Å². The molecular weight excluding hydrogens is 336 g/mol. The third-order valence-electron chi connectivity index (χ3n) is 3.96. The molecule has 0 aliphatic rings. The van der Waals surface area contributed by atoms with Crippen LogP contribution in [0.2, 0.25) is 0 Å². The molecule has 5 nitrogen and oxygen atoms in total. The first-order valence-corrected chi connectivity index (χ1v) is 9.92. The van der Waals surface area contributed by atoms with Crippen LogP contribution in [0.3, 0.4) is 0 Å². The third-order valence-corrected chi connectivity index (χ3v) is 5.44. The molecule has 1 amide bonds. The maximum atomic E-state index is 12.3. The second kappa shape index (κ2) is 8.16. The maximum Gasteiger partial charge on any atom is 0.232 e. The van der Waals surface area contributed by atoms with E-state index in [-0.39, 0.29) is 18.1 Å². The van der Waals surface area contributed by atoms with Crippen LogP contribution in [0, 0.1) is 13.8 Å². The summed E-state index contributed by atoms with van der Waals surface area (Å²) >= 11 is 0. The van der Waals surface area contributed by atoms with E-state index in [0.29, 0.717) is 23.4 Å². The van der Waals surface area contributed by atoms with Gasteiger partial charge in [0.25, 0.3) is 0 Å². The third kappa shape index (κ3) is 5.32. The number of hydrogen-bond donors (Lipinski definition) is 2. The molecule has 0 radical (unpaired) electrons. The number of carbonyl (C=O) groups excluding carboxylic acids is 1. The lowest BCUT2D eigenvalue weighted by Crippen LogP contribution is -2.18. The van der Waals surface area contributed by atoms with Crippen LogP contribution in [0.25, 0.3) is 0 Å². The quantitative estimate of drug-likeness (QED) is 0.791. The summed E-state index contributed by atoms with van der Waals surface area (Å²) in [5, 5.41) is 2.87. The van der Waals surface area contributed by atoms with Gasteiger partial charge in [-0.15, -0.1) is 0 Å². The molecule has 6 heteroatoms. The number of carbonyl (C=O) groups is 1. The Hall–Kier alpha value is -2.34. The smallest absolute Gasteiger partial charge is 0.232 e. The number of nitrogens with one attached hydrogen (secondary N) is 2. The van der Waals surface area contributed by atoms with E-state index in [1.165, 1.54) is 0 Å². The highest BCUT2D eigenvalue weighted by atomic mass is 32.2. The zero-order valence-electron chi connectivity index (χ0n) is 14.8. The van der Waals surface area contributed by atoms with Gasteiger partial charge in [-0.05, 0) is 49.1 Å². The molecular formula is C19H24N2O3S. The van der Waals surface area contributed by atoms with Gasteiger partial charge in [0.2, 0.25) is 15.9 Å². The summed E-state index contributed by atoms with van der Waals surface area (Å²) < 4.78 is 26.5. The van der Waals surface area contributed by atoms with Crippen molar-refractivity contribution in [2.24, 2.45) is 0 Å². The molecule has 2 aromatic carbocycles. The van der Waals surface area contributed by atoms with Crippen molar-refractivity contribution >= 4 is 27.3 Å². The fraction of sp³-hybridized carbons (Fsp3) is 0.316. The van der Waals surface area contributed by atoms with E-state index in [0.717, 1.165) is 11.1 Å². The first-order chi connectivity index (χ1) is 11.8. The summed E-state index contributed by atoms with van der Waals surface area (Å²) in [6, 6.07) is 12.9. The van der Waals surface area contributed by atoms with Crippen molar-refractivity contribution in [1.82, 2.24) is 0 Å². The second-order valence-electron chi connectivity index (χ2n) is 6.05. The largest absolute Gasteiger partial charge is 0.325 e. The summed E-state index contributed by atoms with van der Waals surface area (Å²) in [4.78, 5) is 12.3. The van der Waals surface area contributed by atoms with E-state index in [9.17, 15) is 13.2 Å². The van der Waals surface area contributed by atoms with Crippen LogP contribution in [0.5, 0.6) is 0 Å². The molecule has 0 unspecified atom stereocenters. The van der Waals surface area contributed by atoms with Gasteiger partial charge in [-0.25, -0.2) is 8.42 Å². The normalized spacial score (nSPS) is 11.2. The van der Waals surface area contributed by atoms with Crippen LogP contribution in [-0.4, -0.2) is 20.1 Å². The van der Waals surface area contributed by atoms with Gasteiger partial charge in [-0.3, -0.25) is 9.52 Å². The number of rotatable bonds is 7. The Morgan fingerprint density at radius 2 is 1.68 bits per heavy atom. The Labute approximate surface area is 149 Å². The molecule has 0 aliphatic carbocycles. The summed E-state index contributed by atoms with van der Waals surface area (Å²) in [5.41, 5.74) is 3.82. The molecule has 25 heavy (non-hydrogen) atoms. The van der Waals surface area contributed by atoms with E-state index in [4.69, 9.17) is 0 Å². The van der Waals surface area contributed by atoms with Crippen molar-refractivity contribution < 1.29 is 13.2 Å². The van der Waals surface area contributed by atoms with Crippen molar-refractivity contribution in [3.05, 3.63) is 59.2 Å². The molecule has 0 saturated heterocycles. The van der Waals surface area contributed by atoms with Crippen molar-refractivity contribution in [3.8, 4) is 0 Å². The fourth-order valence-corrected chi connectivity index (χ4v) is 3.74. The first-order valence-electron chi connectivity index (χ1n) is 8.27. The number of aryl methyl sites for hydroxylation is 1. The van der Waals surface area contributed by atoms with E-state index in [2.05, 4.69) is 10.0 Å². The molecule has 0 fully saturated rings. The molecule has 0 aliphatic heterocycles. The Morgan fingerprint density at radius 3 is 2.36 bits per heavy atom. The maximum absolute atomic E-state index is 12.3. The van der Waals surface area contributed by atoms with Gasteiger partial charge in [0.1, 0.15) is 0 Å². The molecule has 2 aromatic rings. The minimum Gasteiger partial charge on any atom is -0.325 e. The number of sulfonamides is 1. The van der Waals surface area contributed by atoms with Gasteiger partial charge in [-0.2, -0.15) is 0 Å². The zero-order valence-corrected chi connectivity index (χ0v) is 15.6. The predicted molar refractivity (Wildman–Crippen MR) is 102 cm³/mol. The van der Waals surface area contributed by atoms with Gasteiger partial charge in [0.15, 0.2) is 0 Å². The molecule has 0 aromatic heterocycles. The highest BCUT2D eigenvalue weighted by Gasteiger charge is 2.13. The van der Waals surface area contributed by atoms with Crippen LogP contribution < -0.4 is 10.0 Å². The monoisotopic (exact) mass is 360 g/mol. The fourth-order valence-electron chi connectivity index (χ4n) is 2.54. The van der Waals surface area contributed by atoms with Gasteiger partial charge >= 0.3 is 0 Å². The van der Waals surface area contributed by atoms with Gasteiger partial charge in [-0.1, -0.05) is 37.3 Å². The number of amides is 1. The summed E-state index contributed by atoms with van der Waals surface area (Å²) in [5.74, 6) is -0.0676. The van der Waals surface area contributed by atoms with E-state index in [1.807, 2.05) is 38.1 Å². The lowest BCUT2D eigenvalue weighted by Gasteiger charge is -2.14. The Kier molecular flexibility index (Phi) is 6.20. The topological polar surface area (TPSA) is 75.3 Å². The van der Waals surface area contributed by atoms with E-state index < -0.39 is 10.0 Å². The minimum atomic E-state index is -3.37. The lowest BCUT2D eigenvalue weighted by molar-refractivity contribution is -0.115. The molecule has 0 atom stereocenters. The van der Waals surface area contributed by atoms with Crippen molar-refractivity contribution in [2.45, 2.75) is 33.6 Å². The Balaban J connectivity index is 2.14. The van der Waals surface area contributed by atoms with Crippen LogP contribution in [0.15, 0.2) is 42.5 Å². The number of hydrogen-bond acceptors (Lipinski definition) is 3. The standard InChI is InChI=1S/C19H24N2O3S/c1-4-12-25(23,24)21-18-11-7-10-17(15(18)3)20-19(22)13-16-9-6-5-8-14(16)2/h5-11,21H,4,12-13H2,1-3H3,(H,20,22). The van der Waals surface area contributed by atoms with Crippen LogP contribution >= 0.6 is 0 Å². The van der Waals surface area contributed by atoms with Crippen LogP contribution in [0.1, 0.15) is 30.0 Å². The van der Waals surface area contributed by atoms with Crippen molar-refractivity contribution in [1.29, 1.82) is 0 Å². The van der Waals surface area contributed by atoms with Crippen molar-refractivity contribution in [2.75, 3.05) is 15.8 Å². The SMILES string of the molecule is CCCS(=O)(=O)Nc1cccc(NC(=O)Cc2ccccc2C)c1C. The molecule has 2 N–H and O–H groups in total. The van der Waals surface area contributed by atoms with Gasteiger partial charge < -0.3 is 5.32 Å². The Morgan fingerprint density at radius 1 is 1.00 bits per heavy atom. The zero-order chi connectivity index (χ0) is 18.4. The summed E-state index contributed by atoms with van der Waals surface area (Å²) in [7, 11) is -3.37. The number of anilines is 2.